The predicted octanol–water partition coefficient (Wildman–Crippen LogP) is 0.947. The maximum atomic E-state index is 9.35. The molecule has 1 aliphatic heterocycles. The van der Waals surface area contributed by atoms with Crippen LogP contribution in [0, 0.1) is 11.3 Å². The number of oxazole rings is 1. The van der Waals surface area contributed by atoms with Gasteiger partial charge in [0.2, 0.25) is 17.5 Å². The largest absolute Gasteiger partial charge is 0.494 e. The lowest BCUT2D eigenvalue weighted by Crippen LogP contribution is -3.12. The van der Waals surface area contributed by atoms with Gasteiger partial charge >= 0.3 is 0 Å². The number of quaternary nitrogens is 1. The third-order valence-electron chi connectivity index (χ3n) is 4.03. The highest BCUT2D eigenvalue weighted by molar-refractivity contribution is 5.60. The van der Waals surface area contributed by atoms with E-state index in [-0.39, 0.29) is 0 Å². The Hall–Kier alpha value is -2.52. The van der Waals surface area contributed by atoms with Gasteiger partial charge in [-0.15, -0.1) is 0 Å². The number of nitrogens with one attached hydrogen (secondary N) is 1. The molecule has 0 unspecified atom stereocenters. The SMILES string of the molecule is CCOc1ccc(-c2nc(C#N)c(N3CC[NH+](C)CC3)o2)cc1. The second kappa shape index (κ2) is 6.71. The molecule has 0 amide bonds. The van der Waals surface area contributed by atoms with E-state index in [0.29, 0.717) is 24.1 Å². The van der Waals surface area contributed by atoms with E-state index in [4.69, 9.17) is 9.15 Å². The van der Waals surface area contributed by atoms with Gasteiger partial charge in [0.1, 0.15) is 11.8 Å². The number of ether oxygens (including phenoxy) is 1. The molecule has 120 valence electrons. The van der Waals surface area contributed by atoms with Gasteiger partial charge in [0.15, 0.2) is 0 Å². The van der Waals surface area contributed by atoms with Gasteiger partial charge in [-0.25, -0.2) is 0 Å². The highest BCUT2D eigenvalue weighted by Crippen LogP contribution is 2.29. The highest BCUT2D eigenvalue weighted by Gasteiger charge is 2.24. The second-order valence-electron chi connectivity index (χ2n) is 5.69. The van der Waals surface area contributed by atoms with Crippen LogP contribution in [0.15, 0.2) is 28.7 Å². The number of hydrogen-bond donors (Lipinski definition) is 1. The normalized spacial score (nSPS) is 15.4. The van der Waals surface area contributed by atoms with Gasteiger partial charge in [-0.1, -0.05) is 0 Å². The van der Waals surface area contributed by atoms with Crippen LogP contribution in [0.3, 0.4) is 0 Å². The fraction of sp³-hybridized carbons (Fsp3) is 0.412. The molecule has 6 nitrogen and oxygen atoms in total. The van der Waals surface area contributed by atoms with E-state index in [1.807, 2.05) is 31.2 Å². The minimum atomic E-state index is 0.355. The lowest BCUT2D eigenvalue weighted by Gasteiger charge is -2.29. The zero-order valence-corrected chi connectivity index (χ0v) is 13.5. The first-order valence-electron chi connectivity index (χ1n) is 7.91. The fourth-order valence-electron chi connectivity index (χ4n) is 2.67. The van der Waals surface area contributed by atoms with E-state index in [9.17, 15) is 5.26 Å². The first-order chi connectivity index (χ1) is 11.2. The Kier molecular flexibility index (Phi) is 4.49. The van der Waals surface area contributed by atoms with Gasteiger partial charge in [-0.3, -0.25) is 0 Å². The number of piperazine rings is 1. The molecule has 1 aliphatic rings. The molecule has 0 atom stereocenters. The number of benzene rings is 1. The maximum Gasteiger partial charge on any atom is 0.235 e. The molecule has 1 aromatic carbocycles. The summed E-state index contributed by atoms with van der Waals surface area (Å²) in [5.74, 6) is 1.88. The summed E-state index contributed by atoms with van der Waals surface area (Å²) in [6, 6.07) is 9.71. The Morgan fingerprint density at radius 3 is 2.61 bits per heavy atom. The molecule has 23 heavy (non-hydrogen) atoms. The average Bonchev–Trinajstić information content (AvgIpc) is 3.01. The monoisotopic (exact) mass is 313 g/mol. The number of rotatable bonds is 4. The Bertz CT molecular complexity index is 694. The van der Waals surface area contributed by atoms with Crippen molar-refractivity contribution in [2.75, 3.05) is 44.7 Å². The van der Waals surface area contributed by atoms with E-state index >= 15 is 0 Å². The first kappa shape index (κ1) is 15.4. The van der Waals surface area contributed by atoms with Gasteiger partial charge in [0.25, 0.3) is 0 Å². The van der Waals surface area contributed by atoms with Crippen molar-refractivity contribution in [3.63, 3.8) is 0 Å². The molecule has 0 aliphatic carbocycles. The molecular weight excluding hydrogens is 292 g/mol. The Balaban J connectivity index is 1.85. The number of likely N-dealkylation sites (N-methyl/N-ethyl adjacent to an activating group) is 1. The van der Waals surface area contributed by atoms with Gasteiger partial charge in [0.05, 0.1) is 39.8 Å². The van der Waals surface area contributed by atoms with Crippen LogP contribution in [0.25, 0.3) is 11.5 Å². The molecule has 1 aromatic heterocycles. The van der Waals surface area contributed by atoms with E-state index in [0.717, 1.165) is 37.5 Å². The second-order valence-corrected chi connectivity index (χ2v) is 5.69. The molecule has 0 radical (unpaired) electrons. The number of anilines is 1. The third kappa shape index (κ3) is 3.30. The van der Waals surface area contributed by atoms with Crippen LogP contribution < -0.4 is 14.5 Å². The molecular formula is C17H21N4O2+. The zero-order chi connectivity index (χ0) is 16.2. The van der Waals surface area contributed by atoms with E-state index in [2.05, 4.69) is 23.0 Å². The predicted molar refractivity (Wildman–Crippen MR) is 86.7 cm³/mol. The smallest absolute Gasteiger partial charge is 0.235 e. The molecule has 6 heteroatoms. The summed E-state index contributed by atoms with van der Waals surface area (Å²) in [5, 5.41) is 9.35. The number of nitrogens with zero attached hydrogens (tertiary/aromatic N) is 3. The summed E-state index contributed by atoms with van der Waals surface area (Å²) in [5.41, 5.74) is 1.20. The summed E-state index contributed by atoms with van der Waals surface area (Å²) in [4.78, 5) is 7.95. The van der Waals surface area contributed by atoms with Gasteiger partial charge < -0.3 is 19.0 Å². The summed E-state index contributed by atoms with van der Waals surface area (Å²) in [6.07, 6.45) is 0. The minimum Gasteiger partial charge on any atom is -0.494 e. The Morgan fingerprint density at radius 2 is 2.00 bits per heavy atom. The van der Waals surface area contributed by atoms with Gasteiger partial charge in [0, 0.05) is 5.56 Å². The average molecular weight is 313 g/mol. The van der Waals surface area contributed by atoms with Crippen LogP contribution in [-0.4, -0.2) is 44.8 Å². The molecule has 0 bridgehead atoms. The van der Waals surface area contributed by atoms with Crippen LogP contribution in [-0.2, 0) is 0 Å². The van der Waals surface area contributed by atoms with Crippen LogP contribution in [0.2, 0.25) is 0 Å². The molecule has 2 heterocycles. The van der Waals surface area contributed by atoms with E-state index in [1.165, 1.54) is 4.90 Å². The fourth-order valence-corrected chi connectivity index (χ4v) is 2.67. The molecule has 1 saturated heterocycles. The standard InChI is InChI=1S/C17H20N4O2/c1-3-22-14-6-4-13(5-7-14)16-19-15(12-18)17(23-16)21-10-8-20(2)9-11-21/h4-7H,3,8-11H2,1-2H3/p+1. The summed E-state index contributed by atoms with van der Waals surface area (Å²) in [7, 11) is 2.17. The maximum absolute atomic E-state index is 9.35. The lowest BCUT2D eigenvalue weighted by atomic mass is 10.2. The van der Waals surface area contributed by atoms with Crippen molar-refractivity contribution < 1.29 is 14.1 Å². The topological polar surface area (TPSA) is 66.7 Å². The molecule has 1 fully saturated rings. The summed E-state index contributed by atoms with van der Waals surface area (Å²) in [6.45, 7) is 6.39. The number of nitriles is 1. The van der Waals surface area contributed by atoms with Crippen LogP contribution >= 0.6 is 0 Å². The van der Waals surface area contributed by atoms with Crippen LogP contribution in [0.5, 0.6) is 5.75 Å². The Labute approximate surface area is 135 Å². The van der Waals surface area contributed by atoms with E-state index in [1.54, 1.807) is 0 Å². The molecule has 3 rings (SSSR count). The van der Waals surface area contributed by atoms with Gasteiger partial charge in [-0.05, 0) is 31.2 Å². The highest BCUT2D eigenvalue weighted by atomic mass is 16.5. The number of aromatic nitrogens is 1. The van der Waals surface area contributed by atoms with Gasteiger partial charge in [-0.2, -0.15) is 10.2 Å². The van der Waals surface area contributed by atoms with Crippen molar-refractivity contribution in [3.05, 3.63) is 30.0 Å². The Morgan fingerprint density at radius 1 is 1.30 bits per heavy atom. The summed E-state index contributed by atoms with van der Waals surface area (Å²) < 4.78 is 11.3. The minimum absolute atomic E-state index is 0.355. The van der Waals surface area contributed by atoms with Crippen molar-refractivity contribution >= 4 is 5.88 Å². The van der Waals surface area contributed by atoms with Crippen molar-refractivity contribution in [3.8, 4) is 23.3 Å². The molecule has 2 aromatic rings. The van der Waals surface area contributed by atoms with Crippen molar-refractivity contribution in [1.29, 1.82) is 5.26 Å². The molecule has 1 N–H and O–H groups in total. The quantitative estimate of drug-likeness (QED) is 0.910. The first-order valence-corrected chi connectivity index (χ1v) is 7.91. The number of hydrogen-bond acceptors (Lipinski definition) is 5. The molecule has 0 spiro atoms. The van der Waals surface area contributed by atoms with Crippen LogP contribution in [0.1, 0.15) is 12.6 Å². The van der Waals surface area contributed by atoms with Crippen molar-refractivity contribution in [2.45, 2.75) is 6.92 Å². The third-order valence-corrected chi connectivity index (χ3v) is 4.03. The lowest BCUT2D eigenvalue weighted by molar-refractivity contribution is -0.880. The van der Waals surface area contributed by atoms with Crippen molar-refractivity contribution in [1.82, 2.24) is 4.98 Å². The van der Waals surface area contributed by atoms with Crippen molar-refractivity contribution in [2.24, 2.45) is 0 Å². The van der Waals surface area contributed by atoms with E-state index < -0.39 is 0 Å². The zero-order valence-electron chi connectivity index (χ0n) is 13.5. The van der Waals surface area contributed by atoms with Crippen LogP contribution in [0.4, 0.5) is 5.88 Å². The molecule has 0 saturated carbocycles. The summed E-state index contributed by atoms with van der Waals surface area (Å²) >= 11 is 0.